The molecule has 0 aliphatic heterocycles. The second-order valence-electron chi connectivity index (χ2n) is 3.48. The molecule has 0 heterocycles. The second-order valence-corrected chi connectivity index (χ2v) is 3.48. The van der Waals surface area contributed by atoms with E-state index < -0.39 is 0 Å². The van der Waals surface area contributed by atoms with E-state index in [4.69, 9.17) is 11.0 Å². The highest BCUT2D eigenvalue weighted by atomic mass is 19.1. The van der Waals surface area contributed by atoms with Crippen molar-refractivity contribution < 1.29 is 4.39 Å². The van der Waals surface area contributed by atoms with Crippen molar-refractivity contribution in [1.29, 1.82) is 5.26 Å². The predicted octanol–water partition coefficient (Wildman–Crippen LogP) is 2.17. The molecular formula is C11H13FN2. The van der Waals surface area contributed by atoms with Crippen molar-refractivity contribution in [3.63, 3.8) is 0 Å². The molecule has 2 rings (SSSR count). The highest BCUT2D eigenvalue weighted by Gasteiger charge is 2.26. The Kier molecular flexibility index (Phi) is 3.61. The van der Waals surface area contributed by atoms with E-state index in [2.05, 4.69) is 6.57 Å². The Labute approximate surface area is 83.2 Å². The first-order valence-corrected chi connectivity index (χ1v) is 4.52. The van der Waals surface area contributed by atoms with E-state index >= 15 is 0 Å². The van der Waals surface area contributed by atoms with E-state index in [0.29, 0.717) is 12.0 Å². The van der Waals surface area contributed by atoms with E-state index in [9.17, 15) is 4.39 Å². The highest BCUT2D eigenvalue weighted by molar-refractivity contribution is 5.23. The number of hydrogen-bond acceptors (Lipinski definition) is 2. The maximum atomic E-state index is 12.5. The molecule has 0 unspecified atom stereocenters. The maximum Gasteiger partial charge on any atom is 0.123 e. The van der Waals surface area contributed by atoms with E-state index in [0.717, 1.165) is 12.8 Å². The lowest BCUT2D eigenvalue weighted by atomic mass is 9.76. The van der Waals surface area contributed by atoms with Gasteiger partial charge in [-0.2, -0.15) is 0 Å². The summed E-state index contributed by atoms with van der Waals surface area (Å²) in [5, 5.41) is 6.50. The van der Waals surface area contributed by atoms with E-state index in [-0.39, 0.29) is 5.82 Å². The predicted molar refractivity (Wildman–Crippen MR) is 53.0 cm³/mol. The van der Waals surface area contributed by atoms with Crippen molar-refractivity contribution >= 4 is 0 Å². The number of rotatable bonds is 1. The number of nitrogens with zero attached hydrogens (tertiary/aromatic N) is 1. The minimum absolute atomic E-state index is 0.164. The van der Waals surface area contributed by atoms with Gasteiger partial charge in [0, 0.05) is 12.6 Å². The van der Waals surface area contributed by atoms with Crippen LogP contribution in [0.5, 0.6) is 0 Å². The summed E-state index contributed by atoms with van der Waals surface area (Å²) in [6.07, 6.45) is 2.09. The van der Waals surface area contributed by atoms with E-state index in [1.807, 2.05) is 12.1 Å². The molecule has 1 fully saturated rings. The molecule has 3 heteroatoms. The zero-order valence-corrected chi connectivity index (χ0v) is 7.86. The van der Waals surface area contributed by atoms with Crippen LogP contribution >= 0.6 is 0 Å². The van der Waals surface area contributed by atoms with Gasteiger partial charge in [-0.15, -0.1) is 0 Å². The van der Waals surface area contributed by atoms with Gasteiger partial charge in [-0.3, -0.25) is 0 Å². The molecule has 0 amide bonds. The monoisotopic (exact) mass is 192 g/mol. The molecule has 74 valence electrons. The Balaban J connectivity index is 0.000000461. The minimum atomic E-state index is -0.164. The maximum absolute atomic E-state index is 12.5. The summed E-state index contributed by atoms with van der Waals surface area (Å²) in [6.45, 7) is 3.50. The molecule has 2 nitrogen and oxygen atoms in total. The van der Waals surface area contributed by atoms with Gasteiger partial charge in [-0.25, -0.2) is 9.65 Å². The first-order valence-electron chi connectivity index (χ1n) is 4.52. The van der Waals surface area contributed by atoms with Gasteiger partial charge in [-0.1, -0.05) is 12.1 Å². The molecule has 0 atom stereocenters. The van der Waals surface area contributed by atoms with Gasteiger partial charge in [0.05, 0.1) is 0 Å². The van der Waals surface area contributed by atoms with Crippen LogP contribution in [0.25, 0.3) is 0 Å². The average Bonchev–Trinajstić information content (AvgIpc) is 2.18. The SMILES string of the molecule is C#N.NC1CC(c2ccc(F)cc2)C1. The summed E-state index contributed by atoms with van der Waals surface area (Å²) in [4.78, 5) is 0. The van der Waals surface area contributed by atoms with Crippen LogP contribution < -0.4 is 5.73 Å². The lowest BCUT2D eigenvalue weighted by Crippen LogP contribution is -2.34. The number of hydrogen-bond donors (Lipinski definition) is 1. The molecule has 1 aromatic rings. The van der Waals surface area contributed by atoms with Crippen LogP contribution in [0, 0.1) is 17.7 Å². The molecule has 1 aromatic carbocycles. The topological polar surface area (TPSA) is 49.8 Å². The summed E-state index contributed by atoms with van der Waals surface area (Å²) in [5.74, 6) is 0.406. The Bertz CT molecular complexity index is 299. The van der Waals surface area contributed by atoms with Gasteiger partial charge in [0.15, 0.2) is 0 Å². The third-order valence-electron chi connectivity index (χ3n) is 2.52. The number of halogens is 1. The molecule has 0 aromatic heterocycles. The normalized spacial score (nSPS) is 24.3. The minimum Gasteiger partial charge on any atom is -0.328 e. The zero-order chi connectivity index (χ0) is 10.6. The molecule has 1 aliphatic rings. The van der Waals surface area contributed by atoms with Crippen LogP contribution in [0.15, 0.2) is 24.3 Å². The van der Waals surface area contributed by atoms with Crippen LogP contribution in [-0.2, 0) is 0 Å². The lowest BCUT2D eigenvalue weighted by molar-refractivity contribution is 0.351. The zero-order valence-electron chi connectivity index (χ0n) is 7.86. The third kappa shape index (κ3) is 2.30. The fourth-order valence-electron chi connectivity index (χ4n) is 1.67. The van der Waals surface area contributed by atoms with E-state index in [1.54, 1.807) is 0 Å². The Hall–Kier alpha value is -1.40. The molecule has 1 aliphatic carbocycles. The van der Waals surface area contributed by atoms with Crippen LogP contribution in [0.4, 0.5) is 4.39 Å². The highest BCUT2D eigenvalue weighted by Crippen LogP contribution is 2.35. The molecule has 0 saturated heterocycles. The largest absolute Gasteiger partial charge is 0.328 e. The van der Waals surface area contributed by atoms with Gasteiger partial charge in [0.25, 0.3) is 0 Å². The molecule has 14 heavy (non-hydrogen) atoms. The van der Waals surface area contributed by atoms with Crippen molar-refractivity contribution in [2.24, 2.45) is 5.73 Å². The Morgan fingerprint density at radius 3 is 2.14 bits per heavy atom. The lowest BCUT2D eigenvalue weighted by Gasteiger charge is -2.32. The summed E-state index contributed by atoms with van der Waals surface area (Å²) < 4.78 is 12.5. The van der Waals surface area contributed by atoms with Crippen molar-refractivity contribution in [1.82, 2.24) is 0 Å². The standard InChI is InChI=1S/C10H12FN.CHN/c11-9-3-1-7(2-4-9)8-5-10(12)6-8;1-2/h1-4,8,10H,5-6,12H2;1H. The molecular weight excluding hydrogens is 179 g/mol. The van der Waals surface area contributed by atoms with Crippen LogP contribution in [0.2, 0.25) is 0 Å². The van der Waals surface area contributed by atoms with Gasteiger partial charge in [0.2, 0.25) is 0 Å². The van der Waals surface area contributed by atoms with E-state index in [1.165, 1.54) is 17.7 Å². The summed E-state index contributed by atoms with van der Waals surface area (Å²) in [7, 11) is 0. The first-order chi connectivity index (χ1) is 6.75. The quantitative estimate of drug-likeness (QED) is 0.741. The van der Waals surface area contributed by atoms with Crippen LogP contribution in [0.1, 0.15) is 24.3 Å². The number of nitrogens with two attached hydrogens (primary N) is 1. The van der Waals surface area contributed by atoms with Crippen molar-refractivity contribution in [3.8, 4) is 6.57 Å². The van der Waals surface area contributed by atoms with Gasteiger partial charge in [-0.05, 0) is 36.5 Å². The summed E-state index contributed by atoms with van der Waals surface area (Å²) in [6, 6.07) is 7.09. The van der Waals surface area contributed by atoms with Crippen LogP contribution in [0.3, 0.4) is 0 Å². The molecule has 0 spiro atoms. The third-order valence-corrected chi connectivity index (χ3v) is 2.52. The smallest absolute Gasteiger partial charge is 0.123 e. The molecule has 0 bridgehead atoms. The number of nitriles is 1. The Morgan fingerprint density at radius 2 is 1.71 bits per heavy atom. The van der Waals surface area contributed by atoms with Crippen molar-refractivity contribution in [2.75, 3.05) is 0 Å². The number of benzene rings is 1. The Morgan fingerprint density at radius 1 is 1.21 bits per heavy atom. The fraction of sp³-hybridized carbons (Fsp3) is 0.364. The molecule has 2 N–H and O–H groups in total. The fourth-order valence-corrected chi connectivity index (χ4v) is 1.67. The second kappa shape index (κ2) is 4.73. The van der Waals surface area contributed by atoms with Gasteiger partial charge < -0.3 is 5.73 Å². The van der Waals surface area contributed by atoms with Gasteiger partial charge in [0.1, 0.15) is 5.82 Å². The molecule has 1 saturated carbocycles. The van der Waals surface area contributed by atoms with Gasteiger partial charge >= 0.3 is 0 Å². The van der Waals surface area contributed by atoms with Crippen molar-refractivity contribution in [3.05, 3.63) is 35.6 Å². The van der Waals surface area contributed by atoms with Crippen molar-refractivity contribution in [2.45, 2.75) is 24.8 Å². The van der Waals surface area contributed by atoms with Crippen LogP contribution in [-0.4, -0.2) is 6.04 Å². The average molecular weight is 192 g/mol. The summed E-state index contributed by atoms with van der Waals surface area (Å²) in [5.41, 5.74) is 6.88. The first kappa shape index (κ1) is 10.7. The molecule has 0 radical (unpaired) electrons. The summed E-state index contributed by atoms with van der Waals surface area (Å²) >= 11 is 0.